The largest absolute Gasteiger partial charge is 0.462 e. The van der Waals surface area contributed by atoms with Gasteiger partial charge in [0.2, 0.25) is 0 Å². The molecular weight excluding hydrogens is 530 g/mol. The Bertz CT molecular complexity index is 1480. The average Bonchev–Trinajstić information content (AvgIpc) is 3.50. The van der Waals surface area contributed by atoms with E-state index in [-0.39, 0.29) is 28.7 Å². The number of benzene rings is 1. The Morgan fingerprint density at radius 2 is 2.13 bits per heavy atom. The van der Waals surface area contributed by atoms with Crippen LogP contribution in [-0.2, 0) is 22.4 Å². The maximum absolute atomic E-state index is 13.1. The first-order chi connectivity index (χ1) is 18.2. The van der Waals surface area contributed by atoms with E-state index >= 15 is 0 Å². The van der Waals surface area contributed by atoms with Gasteiger partial charge >= 0.3 is 5.97 Å². The molecule has 0 saturated heterocycles. The summed E-state index contributed by atoms with van der Waals surface area (Å²) in [4.78, 5) is 37.3. The van der Waals surface area contributed by atoms with Crippen LogP contribution in [-0.4, -0.2) is 23.4 Å². The summed E-state index contributed by atoms with van der Waals surface area (Å²) >= 11 is 7.53. The number of fused-ring (bicyclic) bond motifs is 1. The van der Waals surface area contributed by atoms with E-state index in [0.29, 0.717) is 27.8 Å². The summed E-state index contributed by atoms with van der Waals surface area (Å²) in [5.41, 5.74) is 1.31. The van der Waals surface area contributed by atoms with Crippen molar-refractivity contribution in [2.24, 2.45) is 5.92 Å². The number of carbonyl (C=O) groups is 2. The molecule has 1 aromatic carbocycles. The molecule has 196 valence electrons. The first-order valence-electron chi connectivity index (χ1n) is 12.0. The quantitative estimate of drug-likeness (QED) is 0.106. The lowest BCUT2D eigenvalue weighted by molar-refractivity contribution is -0.384. The van der Waals surface area contributed by atoms with Crippen LogP contribution in [0.1, 0.15) is 53.2 Å². The zero-order valence-corrected chi connectivity index (χ0v) is 22.3. The van der Waals surface area contributed by atoms with Crippen LogP contribution in [0.25, 0.3) is 17.4 Å². The maximum atomic E-state index is 13.1. The third-order valence-corrected chi connectivity index (χ3v) is 7.84. The number of rotatable bonds is 8. The van der Waals surface area contributed by atoms with Crippen LogP contribution in [0.5, 0.6) is 0 Å². The minimum atomic E-state index is -0.685. The van der Waals surface area contributed by atoms with Crippen LogP contribution >= 0.6 is 22.9 Å². The number of hydrogen-bond donors (Lipinski definition) is 1. The van der Waals surface area contributed by atoms with Gasteiger partial charge in [-0.25, -0.2) is 4.79 Å². The average molecular weight is 554 g/mol. The Kier molecular flexibility index (Phi) is 8.29. The van der Waals surface area contributed by atoms with E-state index in [1.54, 1.807) is 19.1 Å². The molecule has 1 atom stereocenters. The Labute approximate surface area is 227 Å². The molecular formula is C27H24ClN3O6S. The summed E-state index contributed by atoms with van der Waals surface area (Å²) in [6.45, 7) is 4.06. The lowest BCUT2D eigenvalue weighted by Gasteiger charge is -2.20. The zero-order valence-electron chi connectivity index (χ0n) is 20.7. The number of furan rings is 1. The number of nitrogens with zero attached hydrogens (tertiary/aromatic N) is 2. The maximum Gasteiger partial charge on any atom is 0.341 e. The number of non-ortho nitro benzene ring substituents is 1. The van der Waals surface area contributed by atoms with Crippen molar-refractivity contribution in [2.75, 3.05) is 11.9 Å². The lowest BCUT2D eigenvalue weighted by Crippen LogP contribution is -2.17. The third kappa shape index (κ3) is 5.64. The zero-order chi connectivity index (χ0) is 27.4. The highest BCUT2D eigenvalue weighted by Gasteiger charge is 2.30. The first-order valence-corrected chi connectivity index (χ1v) is 13.2. The number of anilines is 1. The van der Waals surface area contributed by atoms with Crippen molar-refractivity contribution < 1.29 is 23.7 Å². The molecule has 1 aliphatic carbocycles. The van der Waals surface area contributed by atoms with Crippen molar-refractivity contribution in [2.45, 2.75) is 39.5 Å². The molecule has 38 heavy (non-hydrogen) atoms. The van der Waals surface area contributed by atoms with Crippen LogP contribution in [0.15, 0.2) is 40.3 Å². The van der Waals surface area contributed by atoms with Gasteiger partial charge in [0.05, 0.1) is 22.1 Å². The SMILES string of the molecule is CCOC(=O)c1c(NC(=O)/C(C#N)=C/c2ccc(-c3ccc([N+](=O)[O-])cc3Cl)o2)sc2c1CCC(CC)C2. The fraction of sp³-hybridized carbons (Fsp3) is 0.296. The minimum absolute atomic E-state index is 0.126. The summed E-state index contributed by atoms with van der Waals surface area (Å²) in [6, 6.07) is 9.00. The van der Waals surface area contributed by atoms with Gasteiger partial charge in [0.25, 0.3) is 11.6 Å². The number of esters is 1. The normalized spacial score (nSPS) is 14.9. The fourth-order valence-electron chi connectivity index (χ4n) is 4.36. The molecule has 0 radical (unpaired) electrons. The van der Waals surface area contributed by atoms with Crippen LogP contribution < -0.4 is 5.32 Å². The molecule has 1 N–H and O–H groups in total. The monoisotopic (exact) mass is 553 g/mol. The van der Waals surface area contributed by atoms with Gasteiger partial charge in [-0.1, -0.05) is 24.9 Å². The standard InChI is InChI=1S/C27H24ClN3O6S/c1-3-15-5-8-20-23(11-15)38-26(24(20)27(33)36-4-2)30-25(32)16(14-29)12-18-7-10-22(37-18)19-9-6-17(31(34)35)13-21(19)28/h6-7,9-10,12-13,15H,3-5,8,11H2,1-2H3,(H,30,32)/b16-12+. The van der Waals surface area contributed by atoms with Gasteiger partial charge in [0.15, 0.2) is 0 Å². The number of amides is 1. The topological polar surface area (TPSA) is 135 Å². The molecule has 0 saturated carbocycles. The number of ether oxygens (including phenoxy) is 1. The van der Waals surface area contributed by atoms with Gasteiger partial charge < -0.3 is 14.5 Å². The molecule has 9 nitrogen and oxygen atoms in total. The Hall–Kier alpha value is -3.94. The second-order valence-corrected chi connectivity index (χ2v) is 10.2. The number of nitrogens with one attached hydrogen (secondary N) is 1. The Morgan fingerprint density at radius 1 is 1.34 bits per heavy atom. The summed E-state index contributed by atoms with van der Waals surface area (Å²) in [5, 5.41) is 23.9. The van der Waals surface area contributed by atoms with Gasteiger partial charge in [-0.15, -0.1) is 11.3 Å². The first kappa shape index (κ1) is 27.1. The van der Waals surface area contributed by atoms with E-state index in [4.69, 9.17) is 20.8 Å². The number of carbonyl (C=O) groups excluding carboxylic acids is 2. The molecule has 2 aromatic heterocycles. The highest BCUT2D eigenvalue weighted by molar-refractivity contribution is 7.17. The van der Waals surface area contributed by atoms with Crippen LogP contribution in [0.3, 0.4) is 0 Å². The van der Waals surface area contributed by atoms with E-state index in [1.165, 1.54) is 35.6 Å². The highest BCUT2D eigenvalue weighted by atomic mass is 35.5. The predicted octanol–water partition coefficient (Wildman–Crippen LogP) is 6.81. The molecule has 0 aliphatic heterocycles. The second-order valence-electron chi connectivity index (χ2n) is 8.69. The Balaban J connectivity index is 1.60. The van der Waals surface area contributed by atoms with E-state index in [9.17, 15) is 25.0 Å². The number of halogens is 1. The van der Waals surface area contributed by atoms with Crippen molar-refractivity contribution in [3.05, 3.63) is 72.8 Å². The molecule has 1 amide bonds. The summed E-state index contributed by atoms with van der Waals surface area (Å²) in [7, 11) is 0. The second kappa shape index (κ2) is 11.6. The van der Waals surface area contributed by atoms with Crippen molar-refractivity contribution in [1.82, 2.24) is 0 Å². The van der Waals surface area contributed by atoms with E-state index in [2.05, 4.69) is 12.2 Å². The fourth-order valence-corrected chi connectivity index (χ4v) is 5.98. The molecule has 11 heteroatoms. The van der Waals surface area contributed by atoms with Crippen LogP contribution in [0.4, 0.5) is 10.7 Å². The van der Waals surface area contributed by atoms with Gasteiger partial charge in [-0.2, -0.15) is 5.26 Å². The molecule has 1 unspecified atom stereocenters. The van der Waals surface area contributed by atoms with Gasteiger partial charge in [-0.3, -0.25) is 14.9 Å². The van der Waals surface area contributed by atoms with Crippen molar-refractivity contribution in [3.8, 4) is 17.4 Å². The molecule has 4 rings (SSSR count). The Morgan fingerprint density at radius 3 is 2.79 bits per heavy atom. The van der Waals surface area contributed by atoms with Crippen molar-refractivity contribution >= 4 is 51.6 Å². The summed E-state index contributed by atoms with van der Waals surface area (Å²) in [6.07, 6.45) is 4.84. The van der Waals surface area contributed by atoms with Gasteiger partial charge in [0, 0.05) is 28.6 Å². The van der Waals surface area contributed by atoms with Gasteiger partial charge in [-0.05, 0) is 55.9 Å². The number of hydrogen-bond acceptors (Lipinski definition) is 8. The predicted molar refractivity (Wildman–Crippen MR) is 144 cm³/mol. The third-order valence-electron chi connectivity index (χ3n) is 6.36. The van der Waals surface area contributed by atoms with E-state index < -0.39 is 16.8 Å². The number of thiophene rings is 1. The van der Waals surface area contributed by atoms with Crippen molar-refractivity contribution in [1.29, 1.82) is 5.26 Å². The van der Waals surface area contributed by atoms with E-state index in [0.717, 1.165) is 36.1 Å². The molecule has 0 spiro atoms. The van der Waals surface area contributed by atoms with Crippen LogP contribution in [0, 0.1) is 27.4 Å². The lowest BCUT2D eigenvalue weighted by atomic mass is 9.85. The summed E-state index contributed by atoms with van der Waals surface area (Å²) in [5.74, 6) is -0.132. The molecule has 0 bridgehead atoms. The minimum Gasteiger partial charge on any atom is -0.462 e. The van der Waals surface area contributed by atoms with Crippen molar-refractivity contribution in [3.63, 3.8) is 0 Å². The van der Waals surface area contributed by atoms with Crippen LogP contribution in [0.2, 0.25) is 5.02 Å². The smallest absolute Gasteiger partial charge is 0.341 e. The van der Waals surface area contributed by atoms with E-state index in [1.807, 2.05) is 6.07 Å². The number of nitro groups is 1. The molecule has 3 aromatic rings. The number of nitro benzene ring substituents is 1. The van der Waals surface area contributed by atoms with Gasteiger partial charge in [0.1, 0.15) is 28.2 Å². The highest BCUT2D eigenvalue weighted by Crippen LogP contribution is 2.41. The summed E-state index contributed by atoms with van der Waals surface area (Å²) < 4.78 is 11.0. The molecule has 1 aliphatic rings. The molecule has 0 fully saturated rings. The number of nitriles is 1. The molecule has 2 heterocycles.